The molecule has 6 heteroatoms. The van der Waals surface area contributed by atoms with Crippen LogP contribution in [-0.2, 0) is 7.05 Å². The number of aromatic nitrogens is 3. The zero-order valence-electron chi connectivity index (χ0n) is 13.0. The number of hydrogen-bond acceptors (Lipinski definition) is 4. The number of rotatable bonds is 3. The summed E-state index contributed by atoms with van der Waals surface area (Å²) in [5.74, 6) is -0.0957. The molecule has 118 valence electrons. The van der Waals surface area contributed by atoms with Gasteiger partial charge in [-0.25, -0.2) is 4.68 Å². The van der Waals surface area contributed by atoms with E-state index >= 15 is 0 Å². The average molecular weight is 301 g/mol. The van der Waals surface area contributed by atoms with Gasteiger partial charge < -0.3 is 11.1 Å². The van der Waals surface area contributed by atoms with E-state index in [1.54, 1.807) is 16.8 Å². The van der Waals surface area contributed by atoms with Crippen molar-refractivity contribution in [2.45, 2.75) is 44.1 Å². The fraction of sp³-hybridized carbons (Fsp3) is 0.562. The van der Waals surface area contributed by atoms with Crippen molar-refractivity contribution in [1.29, 1.82) is 0 Å². The Kier molecular flexibility index (Phi) is 4.11. The first-order chi connectivity index (χ1) is 10.6. The highest BCUT2D eigenvalue weighted by Gasteiger charge is 2.26. The summed E-state index contributed by atoms with van der Waals surface area (Å²) in [5.41, 5.74) is 8.42. The molecule has 0 atom stereocenters. The predicted molar refractivity (Wildman–Crippen MR) is 85.5 cm³/mol. The van der Waals surface area contributed by atoms with E-state index in [0.717, 1.165) is 36.7 Å². The molecule has 1 amide bonds. The summed E-state index contributed by atoms with van der Waals surface area (Å²) >= 11 is 0. The topological polar surface area (TPSA) is 85.8 Å². The molecule has 3 N–H and O–H groups in total. The van der Waals surface area contributed by atoms with Gasteiger partial charge in [-0.2, -0.15) is 0 Å². The summed E-state index contributed by atoms with van der Waals surface area (Å²) in [6.45, 7) is 0.532. The van der Waals surface area contributed by atoms with Gasteiger partial charge in [-0.1, -0.05) is 30.9 Å². The second kappa shape index (κ2) is 6.04. The quantitative estimate of drug-likeness (QED) is 0.846. The van der Waals surface area contributed by atoms with Gasteiger partial charge in [-0.05, 0) is 31.0 Å². The Morgan fingerprint density at radius 2 is 2.05 bits per heavy atom. The molecule has 1 fully saturated rings. The van der Waals surface area contributed by atoms with Crippen LogP contribution in [0.1, 0.15) is 48.9 Å². The van der Waals surface area contributed by atoms with Gasteiger partial charge in [0.15, 0.2) is 0 Å². The van der Waals surface area contributed by atoms with Gasteiger partial charge in [-0.3, -0.25) is 4.79 Å². The predicted octanol–water partition coefficient (Wildman–Crippen LogP) is 1.75. The van der Waals surface area contributed by atoms with Crippen LogP contribution in [0.5, 0.6) is 0 Å². The van der Waals surface area contributed by atoms with Gasteiger partial charge in [-0.15, -0.1) is 5.10 Å². The van der Waals surface area contributed by atoms with Crippen LogP contribution in [0.4, 0.5) is 0 Å². The molecule has 1 aliphatic rings. The van der Waals surface area contributed by atoms with Crippen LogP contribution in [-0.4, -0.2) is 33.0 Å². The third-order valence-corrected chi connectivity index (χ3v) is 4.57. The summed E-state index contributed by atoms with van der Waals surface area (Å²) in [5, 5.41) is 11.0. The Morgan fingerprint density at radius 3 is 2.77 bits per heavy atom. The standard InChI is InChI=1S/C16H23N5O/c1-21-14-7-6-12(10-13(14)19-20-21)15(22)18-11-16(17)8-4-2-3-5-9-16/h6-7,10H,2-5,8-9,11,17H2,1H3,(H,18,22). The van der Waals surface area contributed by atoms with Crippen LogP contribution in [0.25, 0.3) is 11.0 Å². The number of fused-ring (bicyclic) bond motifs is 1. The maximum absolute atomic E-state index is 12.3. The number of aryl methyl sites for hydroxylation is 1. The number of carbonyl (C=O) groups excluding carboxylic acids is 1. The number of nitrogens with two attached hydrogens (primary N) is 1. The third-order valence-electron chi connectivity index (χ3n) is 4.57. The van der Waals surface area contributed by atoms with Crippen molar-refractivity contribution in [3.8, 4) is 0 Å². The Hall–Kier alpha value is -1.95. The minimum Gasteiger partial charge on any atom is -0.350 e. The lowest BCUT2D eigenvalue weighted by atomic mass is 9.91. The molecule has 1 heterocycles. The first-order valence-corrected chi connectivity index (χ1v) is 7.94. The van der Waals surface area contributed by atoms with Gasteiger partial charge in [0.2, 0.25) is 0 Å². The number of nitrogens with one attached hydrogen (secondary N) is 1. The van der Waals surface area contributed by atoms with Gasteiger partial charge >= 0.3 is 0 Å². The van der Waals surface area contributed by atoms with Crippen LogP contribution < -0.4 is 11.1 Å². The monoisotopic (exact) mass is 301 g/mol. The fourth-order valence-electron chi connectivity index (χ4n) is 3.15. The lowest BCUT2D eigenvalue weighted by Gasteiger charge is -2.28. The minimum atomic E-state index is -0.261. The molecule has 1 aromatic heterocycles. The Morgan fingerprint density at radius 1 is 1.32 bits per heavy atom. The summed E-state index contributed by atoms with van der Waals surface area (Å²) < 4.78 is 1.69. The molecule has 0 spiro atoms. The van der Waals surface area contributed by atoms with Crippen molar-refractivity contribution in [3.05, 3.63) is 23.8 Å². The van der Waals surface area contributed by atoms with E-state index in [1.165, 1.54) is 12.8 Å². The summed E-state index contributed by atoms with van der Waals surface area (Å²) in [4.78, 5) is 12.3. The Bertz CT molecular complexity index is 670. The van der Waals surface area contributed by atoms with Crippen LogP contribution in [0.3, 0.4) is 0 Å². The molecular weight excluding hydrogens is 278 g/mol. The first-order valence-electron chi connectivity index (χ1n) is 7.94. The Labute approximate surface area is 130 Å². The van der Waals surface area contributed by atoms with Crippen molar-refractivity contribution in [1.82, 2.24) is 20.3 Å². The minimum absolute atomic E-state index is 0.0957. The molecule has 0 saturated heterocycles. The highest BCUT2D eigenvalue weighted by atomic mass is 16.1. The molecule has 0 unspecified atom stereocenters. The molecule has 0 aliphatic heterocycles. The van der Waals surface area contributed by atoms with E-state index in [2.05, 4.69) is 15.6 Å². The van der Waals surface area contributed by atoms with E-state index in [9.17, 15) is 4.79 Å². The number of amides is 1. The lowest BCUT2D eigenvalue weighted by Crippen LogP contribution is -2.49. The second-order valence-corrected chi connectivity index (χ2v) is 6.38. The zero-order chi connectivity index (χ0) is 15.6. The largest absolute Gasteiger partial charge is 0.350 e. The van der Waals surface area contributed by atoms with Gasteiger partial charge in [0.05, 0.1) is 5.52 Å². The number of carbonyl (C=O) groups is 1. The molecule has 2 aromatic rings. The van der Waals surface area contributed by atoms with Crippen LogP contribution in [0.2, 0.25) is 0 Å². The molecular formula is C16H23N5O. The smallest absolute Gasteiger partial charge is 0.251 e. The number of benzene rings is 1. The van der Waals surface area contributed by atoms with Crippen molar-refractivity contribution >= 4 is 16.9 Å². The van der Waals surface area contributed by atoms with Crippen molar-refractivity contribution < 1.29 is 4.79 Å². The van der Waals surface area contributed by atoms with E-state index < -0.39 is 0 Å². The van der Waals surface area contributed by atoms with Gasteiger partial charge in [0.25, 0.3) is 5.91 Å². The highest BCUT2D eigenvalue weighted by Crippen LogP contribution is 2.24. The molecule has 6 nitrogen and oxygen atoms in total. The van der Waals surface area contributed by atoms with Crippen molar-refractivity contribution in [2.75, 3.05) is 6.54 Å². The SMILES string of the molecule is Cn1nnc2cc(C(=O)NCC3(N)CCCCCC3)ccc21. The van der Waals surface area contributed by atoms with Crippen LogP contribution in [0, 0.1) is 0 Å². The lowest BCUT2D eigenvalue weighted by molar-refractivity contribution is 0.0941. The van der Waals surface area contributed by atoms with Crippen molar-refractivity contribution in [3.63, 3.8) is 0 Å². The maximum atomic E-state index is 12.3. The molecule has 1 aromatic carbocycles. The van der Waals surface area contributed by atoms with E-state index in [0.29, 0.717) is 12.1 Å². The maximum Gasteiger partial charge on any atom is 0.251 e. The summed E-state index contributed by atoms with van der Waals surface area (Å²) in [7, 11) is 1.83. The molecule has 0 radical (unpaired) electrons. The molecule has 3 rings (SSSR count). The van der Waals surface area contributed by atoms with Gasteiger partial charge in [0, 0.05) is 24.7 Å². The number of hydrogen-bond donors (Lipinski definition) is 2. The average Bonchev–Trinajstić information content (AvgIpc) is 2.75. The van der Waals surface area contributed by atoms with E-state index in [1.807, 2.05) is 13.1 Å². The molecule has 1 aliphatic carbocycles. The first kappa shape index (κ1) is 15.0. The summed E-state index contributed by atoms with van der Waals surface area (Å²) in [6, 6.07) is 5.44. The van der Waals surface area contributed by atoms with Crippen molar-refractivity contribution in [2.24, 2.45) is 12.8 Å². The highest BCUT2D eigenvalue weighted by molar-refractivity contribution is 5.97. The third kappa shape index (κ3) is 3.11. The fourth-order valence-corrected chi connectivity index (χ4v) is 3.15. The molecule has 1 saturated carbocycles. The second-order valence-electron chi connectivity index (χ2n) is 6.38. The van der Waals surface area contributed by atoms with E-state index in [4.69, 9.17) is 5.73 Å². The van der Waals surface area contributed by atoms with Crippen LogP contribution in [0.15, 0.2) is 18.2 Å². The number of nitrogens with zero attached hydrogens (tertiary/aromatic N) is 3. The molecule has 0 bridgehead atoms. The summed E-state index contributed by atoms with van der Waals surface area (Å²) in [6.07, 6.45) is 6.76. The normalized spacial score (nSPS) is 18.1. The molecule has 22 heavy (non-hydrogen) atoms. The zero-order valence-corrected chi connectivity index (χ0v) is 13.0. The Balaban J connectivity index is 1.67. The van der Waals surface area contributed by atoms with E-state index in [-0.39, 0.29) is 11.4 Å². The van der Waals surface area contributed by atoms with Crippen LogP contribution >= 0.6 is 0 Å². The van der Waals surface area contributed by atoms with Gasteiger partial charge in [0.1, 0.15) is 5.52 Å².